The summed E-state index contributed by atoms with van der Waals surface area (Å²) in [5.41, 5.74) is 4.14. The second kappa shape index (κ2) is 5.01. The third-order valence-electron chi connectivity index (χ3n) is 2.99. The van der Waals surface area contributed by atoms with E-state index in [1.807, 2.05) is 30.3 Å². The highest BCUT2D eigenvalue weighted by Gasteiger charge is 2.30. The molecule has 0 radical (unpaired) electrons. The van der Waals surface area contributed by atoms with Crippen LogP contribution in [-0.4, -0.2) is 17.5 Å². The normalized spacial score (nSPS) is 20.2. The number of amides is 1. The molecule has 3 heteroatoms. The van der Waals surface area contributed by atoms with Gasteiger partial charge in [0.1, 0.15) is 0 Å². The van der Waals surface area contributed by atoms with Crippen molar-refractivity contribution < 1.29 is 4.79 Å². The number of anilines is 1. The van der Waals surface area contributed by atoms with Gasteiger partial charge in [-0.25, -0.2) is 0 Å². The van der Waals surface area contributed by atoms with Crippen molar-refractivity contribution in [2.45, 2.75) is 26.2 Å². The smallest absolute Gasteiger partial charge is 0.244 e. The van der Waals surface area contributed by atoms with Crippen molar-refractivity contribution in [1.82, 2.24) is 5.01 Å². The van der Waals surface area contributed by atoms with Crippen LogP contribution in [0, 0.1) is 5.92 Å². The van der Waals surface area contributed by atoms with Gasteiger partial charge in [-0.15, -0.1) is 0 Å². The van der Waals surface area contributed by atoms with E-state index >= 15 is 0 Å². The van der Waals surface area contributed by atoms with Crippen molar-refractivity contribution in [2.24, 2.45) is 5.92 Å². The molecule has 1 aromatic rings. The van der Waals surface area contributed by atoms with Gasteiger partial charge in [0.2, 0.25) is 5.91 Å². The summed E-state index contributed by atoms with van der Waals surface area (Å²) in [7, 11) is 0. The highest BCUT2D eigenvalue weighted by molar-refractivity contribution is 5.82. The molecule has 1 aromatic carbocycles. The van der Waals surface area contributed by atoms with E-state index in [1.54, 1.807) is 5.01 Å². The fourth-order valence-electron chi connectivity index (χ4n) is 2.13. The van der Waals surface area contributed by atoms with Crippen molar-refractivity contribution in [2.75, 3.05) is 12.0 Å². The summed E-state index contributed by atoms with van der Waals surface area (Å²) in [5.74, 6) is 0.465. The zero-order valence-electron chi connectivity index (χ0n) is 9.65. The van der Waals surface area contributed by atoms with Crippen LogP contribution >= 0.6 is 0 Å². The van der Waals surface area contributed by atoms with E-state index in [9.17, 15) is 4.79 Å². The van der Waals surface area contributed by atoms with Gasteiger partial charge in [0.15, 0.2) is 0 Å². The van der Waals surface area contributed by atoms with Crippen LogP contribution in [-0.2, 0) is 4.79 Å². The number of nitrogens with one attached hydrogen (secondary N) is 1. The van der Waals surface area contributed by atoms with Crippen LogP contribution in [0.3, 0.4) is 0 Å². The average Bonchev–Trinajstić information content (AvgIpc) is 2.64. The number of carbonyl (C=O) groups is 1. The number of para-hydroxylation sites is 1. The SMILES string of the molecule is CCCC1CCN(Nc2ccccc2)C1=O. The molecule has 1 amide bonds. The Kier molecular flexibility index (Phi) is 3.44. The summed E-state index contributed by atoms with van der Waals surface area (Å²) >= 11 is 0. The molecule has 1 aliphatic heterocycles. The van der Waals surface area contributed by atoms with E-state index in [1.165, 1.54) is 0 Å². The molecule has 1 N–H and O–H groups in total. The predicted molar refractivity (Wildman–Crippen MR) is 64.8 cm³/mol. The first-order valence-electron chi connectivity index (χ1n) is 5.94. The second-order valence-corrected chi connectivity index (χ2v) is 4.24. The molecule has 1 atom stereocenters. The summed E-state index contributed by atoms with van der Waals surface area (Å²) in [4.78, 5) is 12.0. The maximum atomic E-state index is 12.0. The third-order valence-corrected chi connectivity index (χ3v) is 2.99. The minimum absolute atomic E-state index is 0.223. The topological polar surface area (TPSA) is 32.3 Å². The number of hydrazine groups is 1. The second-order valence-electron chi connectivity index (χ2n) is 4.24. The van der Waals surface area contributed by atoms with Crippen LogP contribution < -0.4 is 5.43 Å². The van der Waals surface area contributed by atoms with Gasteiger partial charge in [-0.05, 0) is 25.0 Å². The highest BCUT2D eigenvalue weighted by Crippen LogP contribution is 2.23. The lowest BCUT2D eigenvalue weighted by Gasteiger charge is -2.19. The number of hydrogen-bond acceptors (Lipinski definition) is 2. The van der Waals surface area contributed by atoms with Gasteiger partial charge in [-0.1, -0.05) is 31.5 Å². The summed E-state index contributed by atoms with van der Waals surface area (Å²) in [5, 5.41) is 1.75. The lowest BCUT2D eigenvalue weighted by atomic mass is 10.0. The summed E-state index contributed by atoms with van der Waals surface area (Å²) < 4.78 is 0. The Labute approximate surface area is 96.4 Å². The number of hydrogen-bond donors (Lipinski definition) is 1. The summed E-state index contributed by atoms with van der Waals surface area (Å²) in [6.45, 7) is 2.94. The monoisotopic (exact) mass is 218 g/mol. The number of carbonyl (C=O) groups excluding carboxylic acids is 1. The molecule has 2 rings (SSSR count). The van der Waals surface area contributed by atoms with Gasteiger partial charge in [0.05, 0.1) is 5.69 Å². The maximum absolute atomic E-state index is 12.0. The van der Waals surface area contributed by atoms with Crippen molar-refractivity contribution in [3.8, 4) is 0 Å². The lowest BCUT2D eigenvalue weighted by molar-refractivity contribution is -0.130. The average molecular weight is 218 g/mol. The lowest BCUT2D eigenvalue weighted by Crippen LogP contribution is -2.32. The Morgan fingerprint density at radius 1 is 1.38 bits per heavy atom. The van der Waals surface area contributed by atoms with E-state index < -0.39 is 0 Å². The fraction of sp³-hybridized carbons (Fsp3) is 0.462. The van der Waals surface area contributed by atoms with E-state index in [2.05, 4.69) is 12.3 Å². The fourth-order valence-corrected chi connectivity index (χ4v) is 2.13. The van der Waals surface area contributed by atoms with Crippen LogP contribution in [0.25, 0.3) is 0 Å². The van der Waals surface area contributed by atoms with Crippen molar-refractivity contribution in [3.63, 3.8) is 0 Å². The van der Waals surface area contributed by atoms with Crippen LogP contribution in [0.2, 0.25) is 0 Å². The minimum atomic E-state index is 0.223. The van der Waals surface area contributed by atoms with Gasteiger partial charge in [0, 0.05) is 12.5 Å². The van der Waals surface area contributed by atoms with Crippen molar-refractivity contribution in [1.29, 1.82) is 0 Å². The van der Waals surface area contributed by atoms with Gasteiger partial charge < -0.3 is 0 Å². The van der Waals surface area contributed by atoms with Crippen molar-refractivity contribution >= 4 is 11.6 Å². The molecular weight excluding hydrogens is 200 g/mol. The standard InChI is InChI=1S/C13H18N2O/c1-2-6-11-9-10-15(13(11)16)14-12-7-4-3-5-8-12/h3-5,7-8,11,14H,2,6,9-10H2,1H3. The molecule has 1 heterocycles. The Morgan fingerprint density at radius 3 is 2.81 bits per heavy atom. The van der Waals surface area contributed by atoms with E-state index in [0.717, 1.165) is 31.5 Å². The Morgan fingerprint density at radius 2 is 2.12 bits per heavy atom. The molecule has 1 unspecified atom stereocenters. The van der Waals surface area contributed by atoms with E-state index in [0.29, 0.717) is 0 Å². The molecule has 1 aliphatic rings. The van der Waals surface area contributed by atoms with E-state index in [-0.39, 0.29) is 11.8 Å². The van der Waals surface area contributed by atoms with Crippen LogP contribution in [0.4, 0.5) is 5.69 Å². The molecule has 0 aromatic heterocycles. The van der Waals surface area contributed by atoms with Crippen LogP contribution in [0.15, 0.2) is 30.3 Å². The third kappa shape index (κ3) is 2.35. The number of rotatable bonds is 4. The zero-order chi connectivity index (χ0) is 11.4. The van der Waals surface area contributed by atoms with E-state index in [4.69, 9.17) is 0 Å². The molecule has 1 fully saturated rings. The molecule has 86 valence electrons. The van der Waals surface area contributed by atoms with Crippen LogP contribution in [0.5, 0.6) is 0 Å². The molecule has 16 heavy (non-hydrogen) atoms. The quantitative estimate of drug-likeness (QED) is 0.842. The van der Waals surface area contributed by atoms with Gasteiger partial charge in [-0.3, -0.25) is 15.2 Å². The van der Waals surface area contributed by atoms with Gasteiger partial charge in [0.25, 0.3) is 0 Å². The van der Waals surface area contributed by atoms with Crippen molar-refractivity contribution in [3.05, 3.63) is 30.3 Å². The number of benzene rings is 1. The largest absolute Gasteiger partial charge is 0.296 e. The first kappa shape index (κ1) is 11.0. The molecule has 1 saturated heterocycles. The highest BCUT2D eigenvalue weighted by atomic mass is 16.2. The minimum Gasteiger partial charge on any atom is -0.296 e. The summed E-state index contributed by atoms with van der Waals surface area (Å²) in [6, 6.07) is 9.84. The van der Waals surface area contributed by atoms with Gasteiger partial charge >= 0.3 is 0 Å². The van der Waals surface area contributed by atoms with Gasteiger partial charge in [-0.2, -0.15) is 0 Å². The first-order valence-corrected chi connectivity index (χ1v) is 5.94. The van der Waals surface area contributed by atoms with Crippen LogP contribution in [0.1, 0.15) is 26.2 Å². The molecular formula is C13H18N2O. The molecule has 3 nitrogen and oxygen atoms in total. The number of nitrogens with zero attached hydrogens (tertiary/aromatic N) is 1. The predicted octanol–water partition coefficient (Wildman–Crippen LogP) is 2.66. The molecule has 0 spiro atoms. The Hall–Kier alpha value is -1.51. The molecule has 0 aliphatic carbocycles. The Balaban J connectivity index is 1.95. The first-order chi connectivity index (χ1) is 7.81. The Bertz CT molecular complexity index is 350. The molecule has 0 bridgehead atoms. The zero-order valence-corrected chi connectivity index (χ0v) is 9.65. The molecule has 0 saturated carbocycles. The summed E-state index contributed by atoms with van der Waals surface area (Å²) in [6.07, 6.45) is 3.06. The maximum Gasteiger partial charge on any atom is 0.244 e.